The summed E-state index contributed by atoms with van der Waals surface area (Å²) >= 11 is 0. The third-order valence-corrected chi connectivity index (χ3v) is 3.60. The number of halogens is 3. The van der Waals surface area contributed by atoms with Crippen LogP contribution in [0.5, 0.6) is 0 Å². The number of nitro groups is 1. The number of nitrogens with zero attached hydrogens (tertiary/aromatic N) is 1. The number of nitrogens with two attached hydrogens (primary N) is 1. The maximum atomic E-state index is 12.8. The van der Waals surface area contributed by atoms with Gasteiger partial charge in [0.05, 0.1) is 11.5 Å². The summed E-state index contributed by atoms with van der Waals surface area (Å²) in [5, 5.41) is 21.4. The molecule has 0 amide bonds. The molecule has 6 nitrogen and oxygen atoms in total. The molecule has 0 saturated heterocycles. The number of nitro benzene ring substituents is 1. The fraction of sp³-hybridized carbons (Fsp3) is 0.600. The monoisotopic (exact) mass is 349 g/mol. The molecule has 0 aromatic heterocycles. The summed E-state index contributed by atoms with van der Waals surface area (Å²) in [7, 11) is 0. The van der Waals surface area contributed by atoms with E-state index in [1.54, 1.807) is 0 Å². The molecule has 0 aliphatic heterocycles. The minimum absolute atomic E-state index is 0.0972. The van der Waals surface area contributed by atoms with E-state index in [1.807, 2.05) is 0 Å². The molecule has 0 heterocycles. The Balaban J connectivity index is 0.000000648. The molecule has 1 aromatic carbocycles. The van der Waals surface area contributed by atoms with E-state index in [0.717, 1.165) is 44.2 Å². The smallest absolute Gasteiger partial charge is 0.395 e. The molecule has 136 valence electrons. The van der Waals surface area contributed by atoms with E-state index in [1.165, 1.54) is 6.07 Å². The van der Waals surface area contributed by atoms with E-state index >= 15 is 0 Å². The lowest BCUT2D eigenvalue weighted by molar-refractivity contribution is -0.388. The van der Waals surface area contributed by atoms with E-state index in [9.17, 15) is 23.3 Å². The predicted molar refractivity (Wildman–Crippen MR) is 84.7 cm³/mol. The van der Waals surface area contributed by atoms with E-state index in [-0.39, 0.29) is 18.3 Å². The maximum absolute atomic E-state index is 12.8. The topological polar surface area (TPSA) is 101 Å². The molecule has 1 aromatic rings. The number of nitrogens with one attached hydrogen (secondary N) is 1. The average Bonchev–Trinajstić information content (AvgIpc) is 2.55. The molecule has 1 aliphatic carbocycles. The van der Waals surface area contributed by atoms with Crippen molar-refractivity contribution in [3.63, 3.8) is 0 Å². The summed E-state index contributed by atoms with van der Waals surface area (Å²) in [5.41, 5.74) is 2.95. The van der Waals surface area contributed by atoms with Crippen LogP contribution in [-0.4, -0.2) is 29.2 Å². The fourth-order valence-corrected chi connectivity index (χ4v) is 2.49. The van der Waals surface area contributed by atoms with Crippen molar-refractivity contribution in [2.75, 3.05) is 18.5 Å². The zero-order valence-corrected chi connectivity index (χ0v) is 13.2. The van der Waals surface area contributed by atoms with Crippen molar-refractivity contribution in [2.24, 2.45) is 5.73 Å². The normalized spacial score (nSPS) is 15.4. The summed E-state index contributed by atoms with van der Waals surface area (Å²) < 4.78 is 38.5. The van der Waals surface area contributed by atoms with E-state index in [4.69, 9.17) is 10.8 Å². The van der Waals surface area contributed by atoms with Gasteiger partial charge in [0.25, 0.3) is 5.69 Å². The van der Waals surface area contributed by atoms with Gasteiger partial charge in [-0.1, -0.05) is 19.3 Å². The molecule has 4 N–H and O–H groups in total. The van der Waals surface area contributed by atoms with Gasteiger partial charge in [-0.3, -0.25) is 10.1 Å². The molecule has 24 heavy (non-hydrogen) atoms. The van der Waals surface area contributed by atoms with Gasteiger partial charge in [-0.2, -0.15) is 13.2 Å². The van der Waals surface area contributed by atoms with Crippen LogP contribution in [0.4, 0.5) is 24.5 Å². The maximum Gasteiger partial charge on any atom is 0.423 e. The molecular weight excluding hydrogens is 327 g/mol. The summed E-state index contributed by atoms with van der Waals surface area (Å²) in [6, 6.07) is 3.22. The summed E-state index contributed by atoms with van der Waals surface area (Å²) in [6.45, 7) is 0.472. The van der Waals surface area contributed by atoms with Crippen molar-refractivity contribution in [2.45, 2.75) is 44.3 Å². The molecule has 0 spiro atoms. The Morgan fingerprint density at radius 1 is 1.29 bits per heavy atom. The molecule has 0 unspecified atom stereocenters. The minimum atomic E-state index is -4.73. The van der Waals surface area contributed by atoms with Crippen molar-refractivity contribution in [3.8, 4) is 0 Å². The molecule has 1 aliphatic rings. The Hall–Kier alpha value is -1.87. The SMILES string of the molecule is NCCO.O=[N+]([O-])c1ccc(NC2CCCCC2)cc1C(F)(F)F. The second-order valence-corrected chi connectivity index (χ2v) is 5.48. The quantitative estimate of drug-likeness (QED) is 0.572. The van der Waals surface area contributed by atoms with E-state index < -0.39 is 22.4 Å². The van der Waals surface area contributed by atoms with Gasteiger partial charge in [0.1, 0.15) is 5.56 Å². The van der Waals surface area contributed by atoms with Crippen LogP contribution in [0.15, 0.2) is 18.2 Å². The van der Waals surface area contributed by atoms with Gasteiger partial charge in [0, 0.05) is 24.3 Å². The number of aliphatic hydroxyl groups excluding tert-OH is 1. The van der Waals surface area contributed by atoms with Crippen molar-refractivity contribution >= 4 is 11.4 Å². The summed E-state index contributed by atoms with van der Waals surface area (Å²) in [5.74, 6) is 0. The number of rotatable bonds is 4. The highest BCUT2D eigenvalue weighted by molar-refractivity contribution is 5.55. The van der Waals surface area contributed by atoms with Crippen LogP contribution >= 0.6 is 0 Å². The van der Waals surface area contributed by atoms with Gasteiger partial charge in [-0.15, -0.1) is 0 Å². The van der Waals surface area contributed by atoms with Gasteiger partial charge < -0.3 is 16.2 Å². The van der Waals surface area contributed by atoms with Crippen LogP contribution in [0, 0.1) is 10.1 Å². The largest absolute Gasteiger partial charge is 0.423 e. The first-order valence-corrected chi connectivity index (χ1v) is 7.72. The van der Waals surface area contributed by atoms with Gasteiger partial charge in [0.15, 0.2) is 0 Å². The Morgan fingerprint density at radius 2 is 1.88 bits per heavy atom. The van der Waals surface area contributed by atoms with Gasteiger partial charge >= 0.3 is 6.18 Å². The zero-order valence-electron chi connectivity index (χ0n) is 13.2. The Kier molecular flexibility index (Phi) is 7.93. The standard InChI is InChI=1S/C13H15F3N2O2.C2H7NO/c14-13(15,16)11-8-10(6-7-12(11)18(19)20)17-9-4-2-1-3-5-9;3-1-2-4/h6-9,17H,1-5H2;4H,1-3H2. The van der Waals surface area contributed by atoms with Crippen LogP contribution in [0.2, 0.25) is 0 Å². The second kappa shape index (κ2) is 9.43. The van der Waals surface area contributed by atoms with Crippen LogP contribution in [0.3, 0.4) is 0 Å². The number of hydrogen-bond donors (Lipinski definition) is 3. The lowest BCUT2D eigenvalue weighted by Crippen LogP contribution is -2.22. The number of alkyl halides is 3. The molecule has 1 saturated carbocycles. The average molecular weight is 349 g/mol. The minimum Gasteiger partial charge on any atom is -0.395 e. The van der Waals surface area contributed by atoms with E-state index in [2.05, 4.69) is 5.32 Å². The fourth-order valence-electron chi connectivity index (χ4n) is 2.49. The highest BCUT2D eigenvalue weighted by atomic mass is 19.4. The second-order valence-electron chi connectivity index (χ2n) is 5.48. The van der Waals surface area contributed by atoms with Crippen LogP contribution in [0.25, 0.3) is 0 Å². The summed E-state index contributed by atoms with van der Waals surface area (Å²) in [6.07, 6.45) is 0.350. The lowest BCUT2D eigenvalue weighted by atomic mass is 9.95. The van der Waals surface area contributed by atoms with Crippen molar-refractivity contribution in [1.82, 2.24) is 0 Å². The van der Waals surface area contributed by atoms with Crippen LogP contribution in [0.1, 0.15) is 37.7 Å². The lowest BCUT2D eigenvalue weighted by Gasteiger charge is -2.24. The molecule has 1 fully saturated rings. The molecule has 0 bridgehead atoms. The predicted octanol–water partition coefficient (Wildman–Crippen LogP) is 3.30. The molecular formula is C15H22F3N3O3. The van der Waals surface area contributed by atoms with Crippen molar-refractivity contribution in [3.05, 3.63) is 33.9 Å². The molecule has 2 rings (SSSR count). The first-order chi connectivity index (χ1) is 11.3. The van der Waals surface area contributed by atoms with Crippen LogP contribution < -0.4 is 11.1 Å². The number of benzene rings is 1. The highest BCUT2D eigenvalue weighted by Crippen LogP contribution is 2.38. The van der Waals surface area contributed by atoms with Crippen molar-refractivity contribution in [1.29, 1.82) is 0 Å². The Bertz CT molecular complexity index is 530. The number of anilines is 1. The Morgan fingerprint density at radius 3 is 2.33 bits per heavy atom. The molecule has 9 heteroatoms. The molecule has 0 radical (unpaired) electrons. The van der Waals surface area contributed by atoms with E-state index in [0.29, 0.717) is 6.54 Å². The summed E-state index contributed by atoms with van der Waals surface area (Å²) in [4.78, 5) is 9.65. The molecule has 0 atom stereocenters. The van der Waals surface area contributed by atoms with Gasteiger partial charge in [-0.05, 0) is 25.0 Å². The highest BCUT2D eigenvalue weighted by Gasteiger charge is 2.38. The van der Waals surface area contributed by atoms with Gasteiger partial charge in [0.2, 0.25) is 0 Å². The third kappa shape index (κ3) is 6.32. The number of hydrogen-bond acceptors (Lipinski definition) is 5. The van der Waals surface area contributed by atoms with Crippen LogP contribution in [-0.2, 0) is 6.18 Å². The van der Waals surface area contributed by atoms with Crippen molar-refractivity contribution < 1.29 is 23.2 Å². The number of aliphatic hydroxyl groups is 1. The first-order valence-electron chi connectivity index (χ1n) is 7.72. The Labute approximate surface area is 138 Å². The van der Waals surface area contributed by atoms with Gasteiger partial charge in [-0.25, -0.2) is 0 Å². The first kappa shape index (κ1) is 20.2. The zero-order chi connectivity index (χ0) is 18.2. The third-order valence-electron chi connectivity index (χ3n) is 3.60.